The third-order valence-corrected chi connectivity index (χ3v) is 19.0. The van der Waals surface area contributed by atoms with E-state index in [-0.39, 0.29) is 102 Å². The summed E-state index contributed by atoms with van der Waals surface area (Å²) in [6, 6.07) is 44.0. The molecule has 0 spiro atoms. The Morgan fingerprint density at radius 2 is 0.649 bits per heavy atom. The van der Waals surface area contributed by atoms with E-state index in [4.69, 9.17) is 9.47 Å². The number of hydrogen-bond donors (Lipinski definition) is 2. The monoisotopic (exact) mass is 1390 g/mol. The standard InChI is InChI=1S/C86H102F2N2O4.2CH3.Zr/c1-52(36-38-93-75-34-28-59(87)48-65(75)67-44-57(85(20,21)50-79(2,3)4)46-73(77(67)91)89-69-30-24-53(81(8,9)10)40-61(69)62-41-54(82(11,12)13)25-31-70(62)89)37-39-94-76-35-29-60(88)49-66(76)68-45-58(86(22,23)51-80(5,6)7)47-74(78(68)92)90-71-32-26-55(83(14,15)16)42-63(71)64-43-56(84(17,18)19)27-33-72(64)90;;;/h24-35,38-49,52H,36-37,50-51H2,1-23H3;2*1H3;/q;2*-1;/p+2. The van der Waals surface area contributed by atoms with Crippen LogP contribution in [0.4, 0.5) is 8.78 Å². The molecule has 2 aromatic heterocycles. The van der Waals surface area contributed by atoms with E-state index in [0.29, 0.717) is 58.0 Å². The SMILES string of the molecule is CC(C[CH+]Oc1ccc(F)cc1-c1cc(C(C)(C)CC(C)(C)C)cc(-n2c3ccc(C(C)(C)C)cc3c3cc(C(C)(C)C)ccc32)c1O)C[CH+]Oc1ccc(F)cc1-c1cc(C(C)(C)CC(C)(C)C)cc(-n2c3ccc(C(C)(C)C)cc3c3cc(C(C)(C)C)ccc32)c1O.[CH3-].[CH3-].[Zr]. The molecule has 0 fully saturated rings. The number of phenols is 2. The van der Waals surface area contributed by atoms with Crippen LogP contribution >= 0.6 is 0 Å². The molecule has 2 heterocycles. The molecule has 0 aliphatic rings. The van der Waals surface area contributed by atoms with Gasteiger partial charge in [-0.25, -0.2) is 8.78 Å². The van der Waals surface area contributed by atoms with Gasteiger partial charge in [0.2, 0.25) is 0 Å². The van der Waals surface area contributed by atoms with Crippen LogP contribution in [0.2, 0.25) is 0 Å². The van der Waals surface area contributed by atoms with Crippen molar-refractivity contribution in [2.24, 2.45) is 16.7 Å². The van der Waals surface area contributed by atoms with Crippen LogP contribution in [0.5, 0.6) is 23.0 Å². The van der Waals surface area contributed by atoms with Gasteiger partial charge in [0, 0.05) is 75.9 Å². The Morgan fingerprint density at radius 3 is 0.907 bits per heavy atom. The third-order valence-electron chi connectivity index (χ3n) is 19.0. The van der Waals surface area contributed by atoms with E-state index in [1.807, 2.05) is 12.1 Å². The maximum Gasteiger partial charge on any atom is 0.276 e. The second-order valence-corrected chi connectivity index (χ2v) is 35.1. The predicted molar refractivity (Wildman–Crippen MR) is 406 cm³/mol. The van der Waals surface area contributed by atoms with E-state index in [1.54, 1.807) is 25.3 Å². The van der Waals surface area contributed by atoms with Crippen LogP contribution in [0, 0.1) is 56.4 Å². The van der Waals surface area contributed by atoms with E-state index in [1.165, 1.54) is 46.5 Å². The van der Waals surface area contributed by atoms with Gasteiger partial charge < -0.3 is 43.7 Å². The van der Waals surface area contributed by atoms with Crippen molar-refractivity contribution in [2.45, 2.75) is 217 Å². The first kappa shape index (κ1) is 77.4. The van der Waals surface area contributed by atoms with E-state index in [0.717, 1.165) is 67.6 Å². The summed E-state index contributed by atoms with van der Waals surface area (Å²) >= 11 is 0. The van der Waals surface area contributed by atoms with Crippen molar-refractivity contribution >= 4 is 43.6 Å². The molecule has 8 aromatic carbocycles. The van der Waals surface area contributed by atoms with Gasteiger partial charge >= 0.3 is 0 Å². The Hall–Kier alpha value is -6.96. The van der Waals surface area contributed by atoms with Crippen molar-refractivity contribution < 1.29 is 54.7 Å². The number of nitrogens with zero attached hydrogens (tertiary/aromatic N) is 2. The van der Waals surface area contributed by atoms with Crippen molar-refractivity contribution in [3.63, 3.8) is 0 Å². The summed E-state index contributed by atoms with van der Waals surface area (Å²) in [6.45, 7) is 54.8. The number of benzene rings is 8. The van der Waals surface area contributed by atoms with Crippen molar-refractivity contribution in [3.05, 3.63) is 207 Å². The second kappa shape index (κ2) is 27.6. The van der Waals surface area contributed by atoms with Crippen molar-refractivity contribution in [3.8, 4) is 56.6 Å². The normalized spacial score (nSPS) is 12.9. The maximum absolute atomic E-state index is 15.9. The number of hydrogen-bond acceptors (Lipinski definition) is 4. The molecule has 9 heteroatoms. The van der Waals surface area contributed by atoms with E-state index >= 15 is 8.78 Å². The maximum atomic E-state index is 15.9. The summed E-state index contributed by atoms with van der Waals surface area (Å²) in [7, 11) is 0. The molecular formula is C88H110F2N2O4Zr. The van der Waals surface area contributed by atoms with Gasteiger partial charge in [-0.3, -0.25) is 0 Å². The summed E-state index contributed by atoms with van der Waals surface area (Å²) in [5, 5.41) is 30.4. The van der Waals surface area contributed by atoms with Gasteiger partial charge in [-0.05, 0) is 199 Å². The number of aromatic nitrogens is 2. The molecule has 514 valence electrons. The largest absolute Gasteiger partial charge is 0.505 e. The van der Waals surface area contributed by atoms with Gasteiger partial charge in [0.1, 0.15) is 36.0 Å². The number of fused-ring (bicyclic) bond motifs is 6. The molecule has 0 aliphatic carbocycles. The Kier molecular flexibility index (Phi) is 22.0. The molecular weight excluding hydrogens is 1280 g/mol. The van der Waals surface area contributed by atoms with E-state index in [9.17, 15) is 10.2 Å². The minimum absolute atomic E-state index is 0. The fraction of sp³-hybridized carbons (Fsp3) is 0.409. The number of aromatic hydroxyl groups is 2. The molecule has 10 rings (SSSR count). The van der Waals surface area contributed by atoms with E-state index in [2.05, 4.69) is 253 Å². The molecule has 0 radical (unpaired) electrons. The summed E-state index contributed by atoms with van der Waals surface area (Å²) in [4.78, 5) is 0. The fourth-order valence-corrected chi connectivity index (χ4v) is 14.4. The van der Waals surface area contributed by atoms with Crippen molar-refractivity contribution in [2.75, 3.05) is 0 Å². The Morgan fingerprint density at radius 1 is 0.371 bits per heavy atom. The average molecular weight is 1390 g/mol. The predicted octanol–water partition coefficient (Wildman–Crippen LogP) is 25.6. The van der Waals surface area contributed by atoms with Crippen LogP contribution in [0.25, 0.3) is 77.2 Å². The van der Waals surface area contributed by atoms with Gasteiger partial charge in [-0.15, -0.1) is 0 Å². The van der Waals surface area contributed by atoms with Crippen molar-refractivity contribution in [1.82, 2.24) is 9.13 Å². The summed E-state index contributed by atoms with van der Waals surface area (Å²) in [5.41, 5.74) is 12.6. The second-order valence-electron chi connectivity index (χ2n) is 35.1. The molecule has 0 aliphatic heterocycles. The van der Waals surface area contributed by atoms with Crippen LogP contribution in [0.3, 0.4) is 0 Å². The Balaban J connectivity index is 0.00000442. The zero-order chi connectivity index (χ0) is 69.0. The molecule has 2 N–H and O–H groups in total. The number of halogens is 2. The molecule has 0 amide bonds. The smallest absolute Gasteiger partial charge is 0.276 e. The summed E-state index contributed by atoms with van der Waals surface area (Å²) in [6.07, 6.45) is 2.66. The van der Waals surface area contributed by atoms with Crippen LogP contribution in [0.15, 0.2) is 133 Å². The summed E-state index contributed by atoms with van der Waals surface area (Å²) in [5.74, 6) is -0.0645. The van der Waals surface area contributed by atoms with Gasteiger partial charge in [0.05, 0.1) is 33.4 Å². The molecule has 97 heavy (non-hydrogen) atoms. The third kappa shape index (κ3) is 16.4. The minimum Gasteiger partial charge on any atom is -0.505 e. The van der Waals surface area contributed by atoms with Crippen LogP contribution in [-0.2, 0) is 58.7 Å². The van der Waals surface area contributed by atoms with Crippen molar-refractivity contribution in [1.29, 1.82) is 0 Å². The zero-order valence-electron chi connectivity index (χ0n) is 63.1. The van der Waals surface area contributed by atoms with Crippen LogP contribution in [-0.4, -0.2) is 19.3 Å². The number of rotatable bonds is 16. The van der Waals surface area contributed by atoms with E-state index < -0.39 is 11.6 Å². The number of ether oxygens (including phenoxy) is 2. The Bertz CT molecular complexity index is 4090. The zero-order valence-corrected chi connectivity index (χ0v) is 65.6. The molecule has 6 nitrogen and oxygen atoms in total. The molecule has 0 saturated carbocycles. The van der Waals surface area contributed by atoms with Gasteiger partial charge in [0.25, 0.3) is 13.2 Å². The minimum atomic E-state index is -0.453. The summed E-state index contributed by atoms with van der Waals surface area (Å²) < 4.78 is 49.3. The first-order valence-corrected chi connectivity index (χ1v) is 33.9. The molecule has 10 aromatic rings. The molecule has 0 unspecified atom stereocenters. The average Bonchev–Trinajstić information content (AvgIpc) is 1.53. The topological polar surface area (TPSA) is 68.8 Å². The first-order chi connectivity index (χ1) is 43.4. The quantitative estimate of drug-likeness (QED) is 0.0946. The Labute approximate surface area is 600 Å². The molecule has 0 atom stereocenters. The van der Waals surface area contributed by atoms with Crippen LogP contribution < -0.4 is 9.47 Å². The van der Waals surface area contributed by atoms with Crippen LogP contribution in [0.1, 0.15) is 218 Å². The first-order valence-electron chi connectivity index (χ1n) is 33.9. The number of phenolic OH excluding ortho intramolecular Hbond substituents is 2. The molecule has 0 bridgehead atoms. The van der Waals surface area contributed by atoms with Gasteiger partial charge in [-0.1, -0.05) is 184 Å². The molecule has 0 saturated heterocycles. The fourth-order valence-electron chi connectivity index (χ4n) is 14.4. The van der Waals surface area contributed by atoms with Gasteiger partial charge in [-0.2, -0.15) is 0 Å². The van der Waals surface area contributed by atoms with Gasteiger partial charge in [0.15, 0.2) is 11.5 Å².